The van der Waals surface area contributed by atoms with E-state index < -0.39 is 6.09 Å². The van der Waals surface area contributed by atoms with Crippen molar-refractivity contribution >= 4 is 17.1 Å². The Bertz CT molecular complexity index is 1550. The van der Waals surface area contributed by atoms with Gasteiger partial charge in [-0.05, 0) is 72.2 Å². The first-order valence-electron chi connectivity index (χ1n) is 12.2. The van der Waals surface area contributed by atoms with Gasteiger partial charge in [0.1, 0.15) is 5.65 Å². The number of rotatable bonds is 2. The van der Waals surface area contributed by atoms with Crippen molar-refractivity contribution in [2.45, 2.75) is 38.8 Å². The Morgan fingerprint density at radius 1 is 1.19 bits per heavy atom. The monoisotopic (exact) mass is 478 g/mol. The molecule has 0 saturated carbocycles. The molecule has 1 saturated heterocycles. The second-order valence-corrected chi connectivity index (χ2v) is 9.40. The minimum absolute atomic E-state index is 0.147. The van der Waals surface area contributed by atoms with Gasteiger partial charge >= 0.3 is 6.09 Å². The third-order valence-electron chi connectivity index (χ3n) is 7.23. The van der Waals surface area contributed by atoms with E-state index in [4.69, 9.17) is 4.74 Å². The molecule has 7 nitrogen and oxygen atoms in total. The molecular weight excluding hydrogens is 452 g/mol. The fraction of sp³-hybridized carbons (Fsp3) is 0.276. The molecule has 2 N–H and O–H groups in total. The van der Waals surface area contributed by atoms with E-state index in [0.717, 1.165) is 69.2 Å². The van der Waals surface area contributed by atoms with Crippen molar-refractivity contribution in [3.8, 4) is 23.0 Å². The van der Waals surface area contributed by atoms with E-state index in [1.807, 2.05) is 25.4 Å². The quantitative estimate of drug-likeness (QED) is 0.386. The number of H-pyrrole nitrogens is 1. The molecule has 5 heterocycles. The van der Waals surface area contributed by atoms with Crippen molar-refractivity contribution < 1.29 is 14.6 Å². The lowest BCUT2D eigenvalue weighted by molar-refractivity contribution is 0.107. The molecule has 180 valence electrons. The van der Waals surface area contributed by atoms with E-state index in [1.54, 1.807) is 17.3 Å². The number of aromatic amines is 1. The van der Waals surface area contributed by atoms with Crippen molar-refractivity contribution in [3.05, 3.63) is 82.4 Å². The first-order chi connectivity index (χ1) is 17.6. The van der Waals surface area contributed by atoms with Crippen molar-refractivity contribution in [3.63, 3.8) is 0 Å². The van der Waals surface area contributed by atoms with Crippen LogP contribution in [0, 0.1) is 18.8 Å². The van der Waals surface area contributed by atoms with Crippen LogP contribution in [-0.2, 0) is 17.8 Å². The molecule has 7 heteroatoms. The summed E-state index contributed by atoms with van der Waals surface area (Å²) in [6.07, 6.45) is 8.95. The molecule has 4 aromatic rings. The van der Waals surface area contributed by atoms with Gasteiger partial charge in [0.25, 0.3) is 0 Å². The van der Waals surface area contributed by atoms with Crippen LogP contribution in [0.1, 0.15) is 52.3 Å². The van der Waals surface area contributed by atoms with Crippen LogP contribution in [0.4, 0.5) is 4.79 Å². The number of ether oxygens (including phenoxy) is 1. The highest BCUT2D eigenvalue weighted by molar-refractivity contribution is 5.87. The molecule has 2 aliphatic rings. The summed E-state index contributed by atoms with van der Waals surface area (Å²) in [6.45, 7) is 3.79. The maximum atomic E-state index is 11.9. The largest absolute Gasteiger partial charge is 0.465 e. The Kier molecular flexibility index (Phi) is 5.67. The summed E-state index contributed by atoms with van der Waals surface area (Å²) in [5, 5.41) is 10.7. The summed E-state index contributed by atoms with van der Waals surface area (Å²) >= 11 is 0. The highest BCUT2D eigenvalue weighted by atomic mass is 16.5. The van der Waals surface area contributed by atoms with Crippen molar-refractivity contribution in [2.75, 3.05) is 13.2 Å². The number of benzene rings is 1. The number of aromatic nitrogens is 3. The summed E-state index contributed by atoms with van der Waals surface area (Å²) in [5.74, 6) is 6.51. The molecule has 1 amide bonds. The molecule has 1 atom stereocenters. The second kappa shape index (κ2) is 9.14. The van der Waals surface area contributed by atoms with Gasteiger partial charge in [-0.1, -0.05) is 17.9 Å². The fourth-order valence-corrected chi connectivity index (χ4v) is 5.29. The summed E-state index contributed by atoms with van der Waals surface area (Å²) in [4.78, 5) is 25.6. The number of amides is 1. The van der Waals surface area contributed by atoms with E-state index >= 15 is 0 Å². The van der Waals surface area contributed by atoms with Crippen LogP contribution in [0.5, 0.6) is 0 Å². The highest BCUT2D eigenvalue weighted by Crippen LogP contribution is 2.39. The summed E-state index contributed by atoms with van der Waals surface area (Å²) in [5.41, 5.74) is 9.10. The van der Waals surface area contributed by atoms with Gasteiger partial charge in [-0.2, -0.15) is 0 Å². The predicted octanol–water partition coefficient (Wildman–Crippen LogP) is 5.22. The molecule has 2 aliphatic heterocycles. The van der Waals surface area contributed by atoms with Gasteiger partial charge < -0.3 is 19.7 Å². The number of nitrogens with one attached hydrogen (secondary N) is 1. The molecular formula is C29H26N4O3. The van der Waals surface area contributed by atoms with E-state index in [-0.39, 0.29) is 6.04 Å². The number of likely N-dealkylation sites (tertiary alicyclic amines) is 1. The molecule has 1 aromatic carbocycles. The number of nitrogens with zero attached hydrogens (tertiary/aromatic N) is 3. The molecule has 6 rings (SSSR count). The number of carboxylic acid groups (broad SMARTS) is 1. The van der Waals surface area contributed by atoms with Crippen LogP contribution in [0.3, 0.4) is 0 Å². The molecule has 1 fully saturated rings. The van der Waals surface area contributed by atoms with E-state index in [0.29, 0.717) is 19.8 Å². The zero-order valence-electron chi connectivity index (χ0n) is 20.0. The van der Waals surface area contributed by atoms with E-state index in [1.165, 1.54) is 5.56 Å². The van der Waals surface area contributed by atoms with Crippen LogP contribution in [0.2, 0.25) is 0 Å². The van der Waals surface area contributed by atoms with Gasteiger partial charge in [0.05, 0.1) is 24.8 Å². The van der Waals surface area contributed by atoms with Gasteiger partial charge in [0.15, 0.2) is 0 Å². The smallest absolute Gasteiger partial charge is 0.407 e. The lowest BCUT2D eigenvalue weighted by Gasteiger charge is -2.28. The molecule has 0 unspecified atom stereocenters. The summed E-state index contributed by atoms with van der Waals surface area (Å²) < 4.78 is 5.77. The van der Waals surface area contributed by atoms with Crippen LogP contribution in [0.25, 0.3) is 22.2 Å². The number of pyridine rings is 2. The first-order valence-corrected chi connectivity index (χ1v) is 12.2. The van der Waals surface area contributed by atoms with Crippen molar-refractivity contribution in [1.82, 2.24) is 19.9 Å². The Morgan fingerprint density at radius 2 is 2.08 bits per heavy atom. The summed E-state index contributed by atoms with van der Waals surface area (Å²) in [6, 6.07) is 8.27. The van der Waals surface area contributed by atoms with E-state index in [9.17, 15) is 9.90 Å². The van der Waals surface area contributed by atoms with Gasteiger partial charge in [-0.3, -0.25) is 4.98 Å². The Labute approximate surface area is 209 Å². The molecule has 0 bridgehead atoms. The number of fused-ring (bicyclic) bond motifs is 2. The normalized spacial score (nSPS) is 17.0. The predicted molar refractivity (Wildman–Crippen MR) is 137 cm³/mol. The molecule has 36 heavy (non-hydrogen) atoms. The second-order valence-electron chi connectivity index (χ2n) is 9.40. The molecule has 0 radical (unpaired) electrons. The van der Waals surface area contributed by atoms with Gasteiger partial charge in [-0.25, -0.2) is 9.78 Å². The van der Waals surface area contributed by atoms with Crippen LogP contribution in [-0.4, -0.2) is 44.2 Å². The third kappa shape index (κ3) is 4.00. The third-order valence-corrected chi connectivity index (χ3v) is 7.23. The average molecular weight is 479 g/mol. The summed E-state index contributed by atoms with van der Waals surface area (Å²) in [7, 11) is 0. The van der Waals surface area contributed by atoms with E-state index in [2.05, 4.69) is 45.0 Å². The SMILES string of the molecule is Cc1ccncc1C#Cc1c[nH]c2ncc(-c3cc4c(c([C@@H]5CCCN5C(=O)O)c3)COCC4)cc12. The maximum absolute atomic E-state index is 11.9. The van der Waals surface area contributed by atoms with Crippen LogP contribution >= 0.6 is 0 Å². The zero-order valence-corrected chi connectivity index (χ0v) is 20.0. The van der Waals surface area contributed by atoms with Gasteiger partial charge in [0, 0.05) is 47.8 Å². The standard InChI is InChI=1S/C29H26N4O3/c1-18-6-8-30-14-20(18)4-5-21-15-31-28-24(21)13-23(16-32-28)22-11-19-7-10-36-17-26(19)25(12-22)27-3-2-9-33(27)29(34)35/h6,8,11-16,27H,2-3,7,9-10,17H2,1H3,(H,31,32)(H,34,35)/t27-/m0/s1. The fourth-order valence-electron chi connectivity index (χ4n) is 5.29. The number of carbonyl (C=O) groups is 1. The Balaban J connectivity index is 1.44. The lowest BCUT2D eigenvalue weighted by Crippen LogP contribution is -2.30. The van der Waals surface area contributed by atoms with Crippen LogP contribution in [0.15, 0.2) is 49.1 Å². The topological polar surface area (TPSA) is 91.3 Å². The number of hydrogen-bond acceptors (Lipinski definition) is 4. The minimum Gasteiger partial charge on any atom is -0.465 e. The number of hydrogen-bond donors (Lipinski definition) is 2. The zero-order chi connectivity index (χ0) is 24.6. The van der Waals surface area contributed by atoms with Gasteiger partial charge in [0.2, 0.25) is 0 Å². The molecule has 3 aromatic heterocycles. The maximum Gasteiger partial charge on any atom is 0.407 e. The van der Waals surface area contributed by atoms with Gasteiger partial charge in [-0.15, -0.1) is 0 Å². The highest BCUT2D eigenvalue weighted by Gasteiger charge is 2.33. The first kappa shape index (κ1) is 22.3. The molecule has 0 spiro atoms. The molecule has 0 aliphatic carbocycles. The Hall–Kier alpha value is -4.15. The average Bonchev–Trinajstić information content (AvgIpc) is 3.55. The Morgan fingerprint density at radius 3 is 2.94 bits per heavy atom. The lowest BCUT2D eigenvalue weighted by atomic mass is 9.88. The van der Waals surface area contributed by atoms with Crippen LogP contribution < -0.4 is 0 Å². The van der Waals surface area contributed by atoms with Crippen molar-refractivity contribution in [1.29, 1.82) is 0 Å². The number of aryl methyl sites for hydroxylation is 1. The minimum atomic E-state index is -0.865. The van der Waals surface area contributed by atoms with Crippen molar-refractivity contribution in [2.24, 2.45) is 0 Å².